The van der Waals surface area contributed by atoms with Crippen LogP contribution < -0.4 is 10.6 Å². The molecule has 86 valence electrons. The average molecular weight is 218 g/mol. The molecule has 0 saturated heterocycles. The van der Waals surface area contributed by atoms with Crippen molar-refractivity contribution in [3.05, 3.63) is 0 Å². The van der Waals surface area contributed by atoms with Crippen molar-refractivity contribution in [1.82, 2.24) is 10.6 Å². The number of carboxylic acid groups (broad SMARTS) is 1. The maximum atomic E-state index is 11.1. The molecule has 0 spiro atoms. The summed E-state index contributed by atoms with van der Waals surface area (Å²) in [6.45, 7) is 1.32. The number of alkyl carbamates (subject to hydrolysis) is 1. The van der Waals surface area contributed by atoms with E-state index in [9.17, 15) is 14.4 Å². The van der Waals surface area contributed by atoms with Gasteiger partial charge in [-0.2, -0.15) is 0 Å². The minimum atomic E-state index is -1.11. The number of amides is 2. The highest BCUT2D eigenvalue weighted by Gasteiger charge is 2.17. The van der Waals surface area contributed by atoms with Crippen molar-refractivity contribution in [2.24, 2.45) is 0 Å². The number of hydrogen-bond donors (Lipinski definition) is 3. The number of aliphatic carboxylic acids is 1. The van der Waals surface area contributed by atoms with E-state index in [1.807, 2.05) is 0 Å². The maximum Gasteiger partial charge on any atom is 0.407 e. The van der Waals surface area contributed by atoms with E-state index in [1.54, 1.807) is 6.92 Å². The predicted molar refractivity (Wildman–Crippen MR) is 50.3 cm³/mol. The zero-order chi connectivity index (χ0) is 11.8. The molecule has 1 atom stereocenters. The molecule has 3 N–H and O–H groups in total. The van der Waals surface area contributed by atoms with E-state index in [4.69, 9.17) is 5.11 Å². The first-order chi connectivity index (χ1) is 7.01. The fourth-order valence-electron chi connectivity index (χ4n) is 0.808. The Morgan fingerprint density at radius 3 is 2.40 bits per heavy atom. The van der Waals surface area contributed by atoms with Gasteiger partial charge < -0.3 is 20.5 Å². The van der Waals surface area contributed by atoms with Crippen molar-refractivity contribution in [1.29, 1.82) is 0 Å². The van der Waals surface area contributed by atoms with E-state index >= 15 is 0 Å². The highest BCUT2D eigenvalue weighted by Crippen LogP contribution is 1.89. The van der Waals surface area contributed by atoms with Gasteiger partial charge in [0.2, 0.25) is 5.91 Å². The monoisotopic (exact) mass is 218 g/mol. The van der Waals surface area contributed by atoms with Crippen LogP contribution in [0.4, 0.5) is 4.79 Å². The fourth-order valence-corrected chi connectivity index (χ4v) is 0.808. The molecule has 0 aliphatic rings. The summed E-state index contributed by atoms with van der Waals surface area (Å²) in [6.07, 6.45) is -0.465. The molecule has 0 aromatic carbocycles. The summed E-state index contributed by atoms with van der Waals surface area (Å²) in [4.78, 5) is 32.2. The van der Waals surface area contributed by atoms with Gasteiger partial charge in [0, 0.05) is 0 Å². The van der Waals surface area contributed by atoms with Gasteiger partial charge in [-0.05, 0) is 6.42 Å². The van der Waals surface area contributed by atoms with E-state index in [0.29, 0.717) is 0 Å². The van der Waals surface area contributed by atoms with Gasteiger partial charge in [-0.15, -0.1) is 0 Å². The number of carbonyl (C=O) groups is 3. The average Bonchev–Trinajstić information content (AvgIpc) is 2.21. The molecule has 7 heteroatoms. The van der Waals surface area contributed by atoms with Crippen LogP contribution in [0.5, 0.6) is 0 Å². The molecule has 0 aromatic heterocycles. The molecular formula is C8H14N2O5. The zero-order valence-electron chi connectivity index (χ0n) is 8.57. The highest BCUT2D eigenvalue weighted by atomic mass is 16.5. The Morgan fingerprint density at radius 1 is 1.40 bits per heavy atom. The van der Waals surface area contributed by atoms with Gasteiger partial charge >= 0.3 is 12.1 Å². The predicted octanol–water partition coefficient (Wildman–Crippen LogP) is -0.678. The second-order valence-electron chi connectivity index (χ2n) is 2.71. The molecule has 0 heterocycles. The third-order valence-corrected chi connectivity index (χ3v) is 1.62. The first-order valence-corrected chi connectivity index (χ1v) is 4.35. The molecule has 0 fully saturated rings. The first kappa shape index (κ1) is 13.2. The summed E-state index contributed by atoms with van der Waals surface area (Å²) in [5.74, 6) is -1.68. The molecule has 0 saturated carbocycles. The number of methoxy groups -OCH3 is 1. The third-order valence-electron chi connectivity index (χ3n) is 1.62. The van der Waals surface area contributed by atoms with Gasteiger partial charge in [-0.25, -0.2) is 9.59 Å². The molecule has 0 aliphatic carbocycles. The highest BCUT2D eigenvalue weighted by molar-refractivity contribution is 5.86. The van der Waals surface area contributed by atoms with Gasteiger partial charge in [0.1, 0.15) is 12.6 Å². The standard InChI is InChI=1S/C8H14N2O5/c1-3-5(7(12)13)10-6(11)4-9-8(14)15-2/h5H,3-4H2,1-2H3,(H,9,14)(H,10,11)(H,12,13). The van der Waals surface area contributed by atoms with E-state index in [0.717, 1.165) is 0 Å². The summed E-state index contributed by atoms with van der Waals surface area (Å²) >= 11 is 0. The molecule has 1 unspecified atom stereocenters. The van der Waals surface area contributed by atoms with Crippen LogP contribution in [0, 0.1) is 0 Å². The molecule has 2 amide bonds. The normalized spacial score (nSPS) is 11.3. The minimum absolute atomic E-state index is 0.277. The van der Waals surface area contributed by atoms with Crippen LogP contribution in [0.15, 0.2) is 0 Å². The van der Waals surface area contributed by atoms with Crippen LogP contribution in [0.1, 0.15) is 13.3 Å². The van der Waals surface area contributed by atoms with Gasteiger partial charge in [0.25, 0.3) is 0 Å². The molecule has 7 nitrogen and oxygen atoms in total. The molecule has 0 radical (unpaired) electrons. The zero-order valence-corrected chi connectivity index (χ0v) is 8.57. The molecule has 0 rings (SSSR count). The second kappa shape index (κ2) is 6.63. The van der Waals surface area contributed by atoms with Gasteiger partial charge in [-0.3, -0.25) is 4.79 Å². The Labute approximate surface area is 86.8 Å². The van der Waals surface area contributed by atoms with Crippen LogP contribution >= 0.6 is 0 Å². The topological polar surface area (TPSA) is 105 Å². The van der Waals surface area contributed by atoms with Crippen molar-refractivity contribution >= 4 is 18.0 Å². The Morgan fingerprint density at radius 2 is 2.00 bits per heavy atom. The molecule has 0 bridgehead atoms. The first-order valence-electron chi connectivity index (χ1n) is 4.35. The second-order valence-corrected chi connectivity index (χ2v) is 2.71. The van der Waals surface area contributed by atoms with Gasteiger partial charge in [0.05, 0.1) is 7.11 Å². The summed E-state index contributed by atoms with van der Waals surface area (Å²) in [7, 11) is 1.17. The van der Waals surface area contributed by atoms with Crippen molar-refractivity contribution in [3.8, 4) is 0 Å². The Balaban J connectivity index is 3.91. The van der Waals surface area contributed by atoms with Crippen LogP contribution in [-0.2, 0) is 14.3 Å². The maximum absolute atomic E-state index is 11.1. The van der Waals surface area contributed by atoms with Crippen LogP contribution in [0.2, 0.25) is 0 Å². The number of ether oxygens (including phenoxy) is 1. The number of rotatable bonds is 5. The lowest BCUT2D eigenvalue weighted by Crippen LogP contribution is -2.45. The smallest absolute Gasteiger partial charge is 0.407 e. The number of carbonyl (C=O) groups excluding carboxylic acids is 2. The van der Waals surface area contributed by atoms with Crippen molar-refractivity contribution in [2.75, 3.05) is 13.7 Å². The van der Waals surface area contributed by atoms with Gasteiger partial charge in [0.15, 0.2) is 0 Å². The number of hydrogen-bond acceptors (Lipinski definition) is 4. The summed E-state index contributed by atoms with van der Waals surface area (Å²) in [5.41, 5.74) is 0. The van der Waals surface area contributed by atoms with Crippen molar-refractivity contribution < 1.29 is 24.2 Å². The van der Waals surface area contributed by atoms with Crippen molar-refractivity contribution in [2.45, 2.75) is 19.4 Å². The fraction of sp³-hybridized carbons (Fsp3) is 0.625. The Bertz CT molecular complexity index is 253. The van der Waals surface area contributed by atoms with Crippen LogP contribution in [-0.4, -0.2) is 42.8 Å². The third kappa shape index (κ3) is 5.50. The lowest BCUT2D eigenvalue weighted by Gasteiger charge is -2.12. The van der Waals surface area contributed by atoms with E-state index in [1.165, 1.54) is 7.11 Å². The molecular weight excluding hydrogens is 204 g/mol. The number of nitrogens with one attached hydrogen (secondary N) is 2. The molecule has 0 aromatic rings. The van der Waals surface area contributed by atoms with E-state index < -0.39 is 24.0 Å². The lowest BCUT2D eigenvalue weighted by molar-refractivity contribution is -0.141. The van der Waals surface area contributed by atoms with Crippen LogP contribution in [0.25, 0.3) is 0 Å². The molecule has 15 heavy (non-hydrogen) atoms. The van der Waals surface area contributed by atoms with Crippen LogP contribution in [0.3, 0.4) is 0 Å². The minimum Gasteiger partial charge on any atom is -0.480 e. The quantitative estimate of drug-likeness (QED) is 0.567. The summed E-state index contributed by atoms with van der Waals surface area (Å²) in [6, 6.07) is -0.933. The SMILES string of the molecule is CCC(NC(=O)CNC(=O)OC)C(=O)O. The van der Waals surface area contributed by atoms with Crippen molar-refractivity contribution in [3.63, 3.8) is 0 Å². The molecule has 0 aliphatic heterocycles. The Kier molecular flexibility index (Phi) is 5.84. The summed E-state index contributed by atoms with van der Waals surface area (Å²) < 4.78 is 4.23. The van der Waals surface area contributed by atoms with E-state index in [-0.39, 0.29) is 13.0 Å². The largest absolute Gasteiger partial charge is 0.480 e. The van der Waals surface area contributed by atoms with E-state index in [2.05, 4.69) is 15.4 Å². The summed E-state index contributed by atoms with van der Waals surface area (Å²) in [5, 5.41) is 13.0. The Hall–Kier alpha value is -1.79. The number of carboxylic acids is 1. The lowest BCUT2D eigenvalue weighted by atomic mass is 10.2. The van der Waals surface area contributed by atoms with Gasteiger partial charge in [-0.1, -0.05) is 6.92 Å².